The molecule has 1 aliphatic heterocycles. The monoisotopic (exact) mass is 290 g/mol. The molecule has 2 unspecified atom stereocenters. The van der Waals surface area contributed by atoms with Gasteiger partial charge in [-0.1, -0.05) is 6.92 Å². The molecule has 1 aromatic heterocycles. The topological polar surface area (TPSA) is 34.2 Å². The molecule has 1 aliphatic rings. The van der Waals surface area contributed by atoms with Crippen LogP contribution in [0.1, 0.15) is 64.0 Å². The Morgan fingerprint density at radius 1 is 1.24 bits per heavy atom. The van der Waals surface area contributed by atoms with Crippen molar-refractivity contribution in [1.82, 2.24) is 10.3 Å². The van der Waals surface area contributed by atoms with E-state index < -0.39 is 0 Å². The summed E-state index contributed by atoms with van der Waals surface area (Å²) in [5, 5.41) is 3.68. The van der Waals surface area contributed by atoms with Crippen molar-refractivity contribution in [2.45, 2.75) is 72.1 Å². The van der Waals surface area contributed by atoms with Crippen molar-refractivity contribution in [2.75, 3.05) is 6.54 Å². The Bertz CT molecular complexity index is 488. The summed E-state index contributed by atoms with van der Waals surface area (Å²) in [7, 11) is 0. The van der Waals surface area contributed by atoms with Crippen LogP contribution in [0.2, 0.25) is 0 Å². The summed E-state index contributed by atoms with van der Waals surface area (Å²) in [5.74, 6) is 0.452. The van der Waals surface area contributed by atoms with Gasteiger partial charge in [0.1, 0.15) is 0 Å². The number of rotatable bonds is 4. The largest absolute Gasteiger partial charge is 0.369 e. The van der Waals surface area contributed by atoms with E-state index in [1.54, 1.807) is 0 Å². The molecule has 1 aromatic rings. The summed E-state index contributed by atoms with van der Waals surface area (Å²) in [5.41, 5.74) is 3.33. The standard InChI is InChI=1S/C18H30N2O/c1-8-19-16(14-9-12(2)20-13(3)10-14)15-11-17(4,5)21-18(15,6)7/h9-10,15-16,19H,8,11H2,1-7H3. The first-order valence-electron chi connectivity index (χ1n) is 8.03. The van der Waals surface area contributed by atoms with Crippen molar-refractivity contribution < 1.29 is 4.74 Å². The Hall–Kier alpha value is -0.930. The van der Waals surface area contributed by atoms with E-state index in [9.17, 15) is 0 Å². The first-order chi connectivity index (χ1) is 9.64. The molecular weight excluding hydrogens is 260 g/mol. The smallest absolute Gasteiger partial charge is 0.0681 e. The summed E-state index contributed by atoms with van der Waals surface area (Å²) in [4.78, 5) is 4.51. The van der Waals surface area contributed by atoms with Crippen LogP contribution >= 0.6 is 0 Å². The molecule has 2 atom stereocenters. The lowest BCUT2D eigenvalue weighted by molar-refractivity contribution is -0.0778. The van der Waals surface area contributed by atoms with Gasteiger partial charge in [0.25, 0.3) is 0 Å². The van der Waals surface area contributed by atoms with Crippen molar-refractivity contribution in [2.24, 2.45) is 5.92 Å². The minimum absolute atomic E-state index is 0.0566. The van der Waals surface area contributed by atoms with Gasteiger partial charge in [-0.25, -0.2) is 0 Å². The Morgan fingerprint density at radius 3 is 2.24 bits per heavy atom. The van der Waals surface area contributed by atoms with Gasteiger partial charge in [0, 0.05) is 23.3 Å². The Morgan fingerprint density at radius 2 is 1.81 bits per heavy atom. The third-order valence-corrected chi connectivity index (χ3v) is 4.43. The molecule has 2 rings (SSSR count). The fourth-order valence-electron chi connectivity index (χ4n) is 3.88. The second-order valence-corrected chi connectivity index (χ2v) is 7.49. The third kappa shape index (κ3) is 3.64. The highest BCUT2D eigenvalue weighted by Gasteiger charge is 2.49. The van der Waals surface area contributed by atoms with Gasteiger partial charge in [0.15, 0.2) is 0 Å². The fourth-order valence-corrected chi connectivity index (χ4v) is 3.88. The second kappa shape index (κ2) is 5.69. The average Bonchev–Trinajstić information content (AvgIpc) is 2.52. The lowest BCUT2D eigenvalue weighted by atomic mass is 9.78. The quantitative estimate of drug-likeness (QED) is 0.912. The number of nitrogens with zero attached hydrogens (tertiary/aromatic N) is 1. The predicted molar refractivity (Wildman–Crippen MR) is 87.5 cm³/mol. The summed E-state index contributed by atoms with van der Waals surface area (Å²) in [6.45, 7) is 16.1. The number of hydrogen-bond acceptors (Lipinski definition) is 3. The number of nitrogens with one attached hydrogen (secondary N) is 1. The molecule has 0 spiro atoms. The number of aryl methyl sites for hydroxylation is 2. The van der Waals surface area contributed by atoms with Crippen LogP contribution in [-0.4, -0.2) is 22.7 Å². The van der Waals surface area contributed by atoms with Gasteiger partial charge < -0.3 is 10.1 Å². The van der Waals surface area contributed by atoms with E-state index in [0.717, 1.165) is 24.4 Å². The zero-order valence-corrected chi connectivity index (χ0v) is 14.6. The SMILES string of the molecule is CCNC(c1cc(C)nc(C)c1)C1CC(C)(C)OC1(C)C. The highest BCUT2D eigenvalue weighted by Crippen LogP contribution is 2.47. The molecule has 1 saturated heterocycles. The lowest BCUT2D eigenvalue weighted by Gasteiger charge is -2.34. The van der Waals surface area contributed by atoms with Crippen LogP contribution in [-0.2, 0) is 4.74 Å². The highest BCUT2D eigenvalue weighted by atomic mass is 16.5. The van der Waals surface area contributed by atoms with Crippen LogP contribution in [0, 0.1) is 19.8 Å². The molecular formula is C18H30N2O. The van der Waals surface area contributed by atoms with Crippen molar-refractivity contribution in [1.29, 1.82) is 0 Å². The molecule has 0 saturated carbocycles. The van der Waals surface area contributed by atoms with Crippen LogP contribution in [0.3, 0.4) is 0 Å². The molecule has 1 N–H and O–H groups in total. The second-order valence-electron chi connectivity index (χ2n) is 7.49. The van der Waals surface area contributed by atoms with Gasteiger partial charge in [-0.15, -0.1) is 0 Å². The first kappa shape index (κ1) is 16.4. The van der Waals surface area contributed by atoms with Gasteiger partial charge in [0.2, 0.25) is 0 Å². The zero-order chi connectivity index (χ0) is 15.8. The summed E-state index contributed by atoms with van der Waals surface area (Å²) in [6.07, 6.45) is 1.07. The van der Waals surface area contributed by atoms with Gasteiger partial charge in [-0.3, -0.25) is 4.98 Å². The predicted octanol–water partition coefficient (Wildman–Crippen LogP) is 3.94. The van der Waals surface area contributed by atoms with Gasteiger partial charge in [-0.05, 0) is 72.2 Å². The molecule has 118 valence electrons. The molecule has 0 aliphatic carbocycles. The third-order valence-electron chi connectivity index (χ3n) is 4.43. The molecule has 0 aromatic carbocycles. The Labute approximate surface area is 129 Å². The summed E-state index contributed by atoms with van der Waals surface area (Å²) in [6, 6.07) is 4.73. The maximum Gasteiger partial charge on any atom is 0.0681 e. The van der Waals surface area contributed by atoms with Crippen molar-refractivity contribution in [3.05, 3.63) is 29.1 Å². The molecule has 0 bridgehead atoms. The van der Waals surface area contributed by atoms with Crippen LogP contribution in [0.15, 0.2) is 12.1 Å². The Balaban J connectivity index is 2.39. The lowest BCUT2D eigenvalue weighted by Crippen LogP contribution is -2.38. The zero-order valence-electron chi connectivity index (χ0n) is 14.6. The molecule has 2 heterocycles. The fraction of sp³-hybridized carbons (Fsp3) is 0.722. The van der Waals surface area contributed by atoms with Crippen LogP contribution in [0.4, 0.5) is 0 Å². The number of aromatic nitrogens is 1. The van der Waals surface area contributed by atoms with Crippen molar-refractivity contribution in [3.63, 3.8) is 0 Å². The van der Waals surface area contributed by atoms with Gasteiger partial charge >= 0.3 is 0 Å². The summed E-state index contributed by atoms with van der Waals surface area (Å²) < 4.78 is 6.30. The van der Waals surface area contributed by atoms with E-state index in [1.807, 2.05) is 0 Å². The number of hydrogen-bond donors (Lipinski definition) is 1. The molecule has 3 nitrogen and oxygen atoms in total. The van der Waals surface area contributed by atoms with Crippen LogP contribution < -0.4 is 5.32 Å². The van der Waals surface area contributed by atoms with E-state index in [1.165, 1.54) is 5.56 Å². The Kier molecular flexibility index (Phi) is 4.46. The maximum atomic E-state index is 6.30. The van der Waals surface area contributed by atoms with E-state index in [4.69, 9.17) is 4.74 Å². The molecule has 0 radical (unpaired) electrons. The van der Waals surface area contributed by atoms with Gasteiger partial charge in [-0.2, -0.15) is 0 Å². The molecule has 3 heteroatoms. The molecule has 0 amide bonds. The molecule has 1 fully saturated rings. The van der Waals surface area contributed by atoms with Gasteiger partial charge in [0.05, 0.1) is 11.2 Å². The van der Waals surface area contributed by atoms with E-state index >= 15 is 0 Å². The van der Waals surface area contributed by atoms with Crippen LogP contribution in [0.5, 0.6) is 0 Å². The number of ether oxygens (including phenoxy) is 1. The van der Waals surface area contributed by atoms with E-state index in [-0.39, 0.29) is 11.2 Å². The van der Waals surface area contributed by atoms with E-state index in [0.29, 0.717) is 12.0 Å². The average molecular weight is 290 g/mol. The maximum absolute atomic E-state index is 6.30. The summed E-state index contributed by atoms with van der Waals surface area (Å²) >= 11 is 0. The number of pyridine rings is 1. The minimum atomic E-state index is -0.124. The van der Waals surface area contributed by atoms with Crippen molar-refractivity contribution in [3.8, 4) is 0 Å². The normalized spacial score (nSPS) is 25.0. The first-order valence-corrected chi connectivity index (χ1v) is 8.03. The highest BCUT2D eigenvalue weighted by molar-refractivity contribution is 5.25. The molecule has 21 heavy (non-hydrogen) atoms. The van der Waals surface area contributed by atoms with Crippen LogP contribution in [0.25, 0.3) is 0 Å². The van der Waals surface area contributed by atoms with Crippen molar-refractivity contribution >= 4 is 0 Å². The minimum Gasteiger partial charge on any atom is -0.369 e. The van der Waals surface area contributed by atoms with E-state index in [2.05, 4.69) is 70.9 Å².